The second kappa shape index (κ2) is 6.07. The maximum atomic E-state index is 6.09. The Morgan fingerprint density at radius 2 is 1.88 bits per heavy atom. The summed E-state index contributed by atoms with van der Waals surface area (Å²) >= 11 is 0. The molecule has 0 spiro atoms. The van der Waals surface area contributed by atoms with Crippen molar-refractivity contribution in [3.63, 3.8) is 0 Å². The Hall–Kier alpha value is -0.00571. The molecule has 1 rings (SSSR count). The van der Waals surface area contributed by atoms with Crippen molar-refractivity contribution in [3.8, 4) is 0 Å². The molecule has 0 aliphatic heterocycles. The first-order valence-corrected chi connectivity index (χ1v) is 8.33. The van der Waals surface area contributed by atoms with Crippen LogP contribution in [0.4, 0.5) is 0 Å². The third-order valence-electron chi connectivity index (χ3n) is 3.17. The second-order valence-electron chi connectivity index (χ2n) is 5.44. The zero-order valence-electron chi connectivity index (χ0n) is 11.4. The van der Waals surface area contributed by atoms with Gasteiger partial charge < -0.3 is 4.43 Å². The van der Waals surface area contributed by atoms with Crippen LogP contribution in [0.5, 0.6) is 0 Å². The molecule has 0 amide bonds. The van der Waals surface area contributed by atoms with Crippen LogP contribution in [0.15, 0.2) is 24.3 Å². The predicted octanol–water partition coefficient (Wildman–Crippen LogP) is 1.01. The van der Waals surface area contributed by atoms with Crippen molar-refractivity contribution in [1.82, 2.24) is 0 Å². The fourth-order valence-corrected chi connectivity index (χ4v) is 1.94. The average molecular weight is 228 g/mol. The Balaban J connectivity index is 0.00000225. The predicted molar refractivity (Wildman–Crippen MR) is 67.3 cm³/mol. The van der Waals surface area contributed by atoms with E-state index >= 15 is 0 Å². The van der Waals surface area contributed by atoms with Crippen LogP contribution in [0, 0.1) is 6.07 Å². The van der Waals surface area contributed by atoms with Gasteiger partial charge in [-0.2, -0.15) is 30.3 Å². The normalized spacial score (nSPS) is 12.1. The topological polar surface area (TPSA) is 9.23 Å². The maximum absolute atomic E-state index is 6.09. The van der Waals surface area contributed by atoms with Crippen molar-refractivity contribution in [3.05, 3.63) is 35.9 Å². The van der Waals surface area contributed by atoms with Crippen molar-refractivity contribution in [2.24, 2.45) is 0 Å². The van der Waals surface area contributed by atoms with Gasteiger partial charge in [0.2, 0.25) is 0 Å². The van der Waals surface area contributed by atoms with E-state index in [-0.39, 0.29) is 23.9 Å². The molecule has 0 radical (unpaired) electrons. The van der Waals surface area contributed by atoms with Crippen molar-refractivity contribution in [2.75, 3.05) is 0 Å². The van der Waals surface area contributed by atoms with Crippen molar-refractivity contribution in [2.45, 2.75) is 45.5 Å². The molecule has 0 atom stereocenters. The van der Waals surface area contributed by atoms with Gasteiger partial charge in [0.15, 0.2) is 8.32 Å². The molecule has 1 aromatic rings. The first kappa shape index (κ1) is 16.0. The van der Waals surface area contributed by atoms with Crippen LogP contribution in [0.2, 0.25) is 18.1 Å². The summed E-state index contributed by atoms with van der Waals surface area (Å²) in [7, 11) is -1.61. The molecule has 0 heterocycles. The van der Waals surface area contributed by atoms with E-state index in [2.05, 4.69) is 46.0 Å². The van der Waals surface area contributed by atoms with Crippen LogP contribution in [-0.2, 0) is 11.0 Å². The zero-order valence-corrected chi connectivity index (χ0v) is 12.4. The van der Waals surface area contributed by atoms with Gasteiger partial charge in [0, 0.05) is 6.61 Å². The fraction of sp³-hybridized carbons (Fsp3) is 0.538. The molecule has 84 valence electrons. The molecule has 0 fully saturated rings. The Morgan fingerprint density at radius 3 is 2.31 bits per heavy atom. The summed E-state index contributed by atoms with van der Waals surface area (Å²) in [5.74, 6) is 0. The van der Waals surface area contributed by atoms with Gasteiger partial charge >= 0.3 is 18.9 Å². The van der Waals surface area contributed by atoms with Crippen molar-refractivity contribution < 1.29 is 23.3 Å². The van der Waals surface area contributed by atoms with Gasteiger partial charge in [-0.1, -0.05) is 20.8 Å². The third kappa shape index (κ3) is 4.47. The molecule has 16 heavy (non-hydrogen) atoms. The SMILES string of the molecule is CC(C)(C)[Si](C)(C)OCc1[c-]cccc1.[Li+]. The van der Waals surface area contributed by atoms with Gasteiger partial charge in [-0.25, -0.2) is 0 Å². The van der Waals surface area contributed by atoms with E-state index in [0.29, 0.717) is 6.61 Å². The summed E-state index contributed by atoms with van der Waals surface area (Å²) in [6.45, 7) is 12.0. The van der Waals surface area contributed by atoms with Crippen molar-refractivity contribution in [1.29, 1.82) is 0 Å². The van der Waals surface area contributed by atoms with Gasteiger partial charge in [0.1, 0.15) is 0 Å². The summed E-state index contributed by atoms with van der Waals surface area (Å²) in [5.41, 5.74) is 1.14. The molecule has 1 aromatic carbocycles. The van der Waals surface area contributed by atoms with Gasteiger partial charge in [0.25, 0.3) is 0 Å². The number of hydrogen-bond acceptors (Lipinski definition) is 1. The maximum Gasteiger partial charge on any atom is 1.00 e. The van der Waals surface area contributed by atoms with E-state index in [1.807, 2.05) is 18.2 Å². The van der Waals surface area contributed by atoms with E-state index in [1.165, 1.54) is 0 Å². The molecule has 0 bridgehead atoms. The first-order chi connectivity index (χ1) is 6.83. The molecule has 0 saturated carbocycles. The Kier molecular flexibility index (Phi) is 6.07. The monoisotopic (exact) mass is 228 g/mol. The molecule has 1 nitrogen and oxygen atoms in total. The number of hydrogen-bond donors (Lipinski definition) is 0. The largest absolute Gasteiger partial charge is 1.00 e. The summed E-state index contributed by atoms with van der Waals surface area (Å²) in [6, 6.07) is 11.2. The van der Waals surface area contributed by atoms with Crippen LogP contribution < -0.4 is 18.9 Å². The molecule has 0 saturated heterocycles. The summed E-state index contributed by atoms with van der Waals surface area (Å²) < 4.78 is 6.09. The standard InChI is InChI=1S/C13H21OSi.Li/c1-13(2,3)15(4,5)14-11-12-9-7-6-8-10-12;/h6-9H,11H2,1-5H3;/q-1;+1. The molecular weight excluding hydrogens is 207 g/mol. The van der Waals surface area contributed by atoms with Gasteiger partial charge in [-0.3, -0.25) is 0 Å². The van der Waals surface area contributed by atoms with Crippen LogP contribution in [0.25, 0.3) is 0 Å². The molecule has 0 unspecified atom stereocenters. The number of rotatable bonds is 3. The molecule has 0 aliphatic rings. The van der Waals surface area contributed by atoms with E-state index in [9.17, 15) is 0 Å². The van der Waals surface area contributed by atoms with Crippen molar-refractivity contribution >= 4 is 8.32 Å². The van der Waals surface area contributed by atoms with Gasteiger partial charge in [-0.15, -0.1) is 5.56 Å². The van der Waals surface area contributed by atoms with E-state index in [0.717, 1.165) is 5.56 Å². The van der Waals surface area contributed by atoms with Crippen LogP contribution >= 0.6 is 0 Å². The van der Waals surface area contributed by atoms with Crippen LogP contribution in [-0.4, -0.2) is 8.32 Å². The molecule has 0 aromatic heterocycles. The Labute approximate surface area is 113 Å². The molecular formula is C13H21LiOSi. The van der Waals surface area contributed by atoms with E-state index in [4.69, 9.17) is 4.43 Å². The number of benzene rings is 1. The molecule has 3 heteroatoms. The summed E-state index contributed by atoms with van der Waals surface area (Å²) in [6.07, 6.45) is 0. The van der Waals surface area contributed by atoms with Crippen LogP contribution in [0.3, 0.4) is 0 Å². The molecule has 0 aliphatic carbocycles. The smallest absolute Gasteiger partial charge is 0.415 e. The summed E-state index contributed by atoms with van der Waals surface area (Å²) in [4.78, 5) is 0. The van der Waals surface area contributed by atoms with Gasteiger partial charge in [-0.05, 0) is 18.1 Å². The first-order valence-electron chi connectivity index (χ1n) is 5.42. The van der Waals surface area contributed by atoms with E-state index < -0.39 is 8.32 Å². The average Bonchev–Trinajstić information content (AvgIpc) is 2.15. The molecule has 0 N–H and O–H groups in total. The fourth-order valence-electron chi connectivity index (χ4n) is 0.995. The van der Waals surface area contributed by atoms with Gasteiger partial charge in [0.05, 0.1) is 0 Å². The summed E-state index contributed by atoms with van der Waals surface area (Å²) in [5, 5.41) is 0.280. The third-order valence-corrected chi connectivity index (χ3v) is 7.65. The second-order valence-corrected chi connectivity index (χ2v) is 10.2. The van der Waals surface area contributed by atoms with E-state index in [1.54, 1.807) is 0 Å². The Bertz CT molecular complexity index is 303. The van der Waals surface area contributed by atoms with Crippen LogP contribution in [0.1, 0.15) is 26.3 Å². The minimum absolute atomic E-state index is 0. The minimum Gasteiger partial charge on any atom is -0.415 e. The zero-order chi connectivity index (χ0) is 11.5. The minimum atomic E-state index is -1.61. The Morgan fingerprint density at radius 1 is 1.25 bits per heavy atom. The quantitative estimate of drug-likeness (QED) is 0.554.